The van der Waals surface area contributed by atoms with Gasteiger partial charge in [0.2, 0.25) is 0 Å². The molecule has 4 heteroatoms. The first-order valence-electron chi connectivity index (χ1n) is 4.09. The summed E-state index contributed by atoms with van der Waals surface area (Å²) in [6.45, 7) is 1.66. The van der Waals surface area contributed by atoms with Crippen molar-refractivity contribution in [3.8, 4) is 0 Å². The highest BCUT2D eigenvalue weighted by molar-refractivity contribution is 9.10. The number of halogens is 3. The van der Waals surface area contributed by atoms with E-state index in [0.29, 0.717) is 11.4 Å². The van der Waals surface area contributed by atoms with Crippen molar-refractivity contribution in [2.45, 2.75) is 18.2 Å². The summed E-state index contributed by atoms with van der Waals surface area (Å²) in [5, 5.41) is -0.506. The number of hydrogen-bond acceptors (Lipinski definition) is 1. The average Bonchev–Trinajstić information content (AvgIpc) is 2.16. The lowest BCUT2D eigenvalue weighted by Gasteiger charge is -2.06. The van der Waals surface area contributed by atoms with Crippen molar-refractivity contribution in [3.05, 3.63) is 33.8 Å². The molecule has 0 saturated carbocycles. The Morgan fingerprint density at radius 3 is 2.64 bits per heavy atom. The minimum absolute atomic E-state index is 0.0836. The van der Waals surface area contributed by atoms with Crippen molar-refractivity contribution < 1.29 is 4.79 Å². The molecule has 0 amide bonds. The highest BCUT2D eigenvalue weighted by Crippen LogP contribution is 2.22. The molecule has 0 bridgehead atoms. The second-order valence-electron chi connectivity index (χ2n) is 2.93. The summed E-state index contributed by atoms with van der Waals surface area (Å²) >= 11 is 14.7. The number of benzene rings is 1. The van der Waals surface area contributed by atoms with Gasteiger partial charge in [0.05, 0.1) is 5.38 Å². The molecule has 0 spiro atoms. The maximum atomic E-state index is 11.6. The van der Waals surface area contributed by atoms with Gasteiger partial charge in [-0.3, -0.25) is 4.79 Å². The van der Waals surface area contributed by atoms with Crippen LogP contribution in [0.25, 0.3) is 0 Å². The molecule has 0 aromatic heterocycles. The Bertz CT molecular complexity index is 350. The third-order valence-electron chi connectivity index (χ3n) is 1.81. The van der Waals surface area contributed by atoms with E-state index in [1.165, 1.54) is 0 Å². The fourth-order valence-corrected chi connectivity index (χ4v) is 1.96. The number of carbonyl (C=O) groups is 1. The smallest absolute Gasteiger partial charge is 0.181 e. The van der Waals surface area contributed by atoms with Gasteiger partial charge in [0.1, 0.15) is 0 Å². The molecule has 1 aromatic carbocycles. The van der Waals surface area contributed by atoms with Gasteiger partial charge in [-0.25, -0.2) is 0 Å². The van der Waals surface area contributed by atoms with Crippen LogP contribution in [0.3, 0.4) is 0 Å². The van der Waals surface area contributed by atoms with Crippen LogP contribution in [0.5, 0.6) is 0 Å². The maximum Gasteiger partial charge on any atom is 0.181 e. The molecule has 1 unspecified atom stereocenters. The van der Waals surface area contributed by atoms with E-state index in [-0.39, 0.29) is 5.78 Å². The van der Waals surface area contributed by atoms with Crippen molar-refractivity contribution in [3.63, 3.8) is 0 Å². The van der Waals surface area contributed by atoms with Gasteiger partial charge in [-0.2, -0.15) is 0 Å². The second kappa shape index (κ2) is 5.15. The first-order valence-corrected chi connectivity index (χ1v) is 5.85. The largest absolute Gasteiger partial charge is 0.292 e. The van der Waals surface area contributed by atoms with Crippen LogP contribution < -0.4 is 0 Å². The van der Waals surface area contributed by atoms with Crippen LogP contribution in [0.2, 0.25) is 0 Å². The highest BCUT2D eigenvalue weighted by atomic mass is 79.9. The molecule has 1 nitrogen and oxygen atoms in total. The van der Waals surface area contributed by atoms with Gasteiger partial charge >= 0.3 is 0 Å². The number of carbonyl (C=O) groups excluding carboxylic acids is 1. The Balaban J connectivity index is 3.06. The van der Waals surface area contributed by atoms with E-state index < -0.39 is 5.38 Å². The summed E-state index contributed by atoms with van der Waals surface area (Å²) in [6, 6.07) is 5.40. The summed E-state index contributed by atoms with van der Waals surface area (Å²) in [4.78, 5) is 11.6. The molecular weight excluding hydrogens is 287 g/mol. The van der Waals surface area contributed by atoms with Gasteiger partial charge in [0.15, 0.2) is 5.78 Å². The number of alkyl halides is 2. The van der Waals surface area contributed by atoms with Crippen molar-refractivity contribution in [2.75, 3.05) is 0 Å². The molecule has 1 aromatic rings. The van der Waals surface area contributed by atoms with Crippen LogP contribution in [0.1, 0.15) is 22.8 Å². The van der Waals surface area contributed by atoms with Crippen molar-refractivity contribution in [2.24, 2.45) is 0 Å². The molecular formula is C10H9BrCl2O. The molecule has 1 rings (SSSR count). The molecule has 0 N–H and O–H groups in total. The number of hydrogen-bond donors (Lipinski definition) is 0. The summed E-state index contributed by atoms with van der Waals surface area (Å²) in [6.07, 6.45) is 0. The molecule has 14 heavy (non-hydrogen) atoms. The summed E-state index contributed by atoms with van der Waals surface area (Å²) in [7, 11) is 0. The van der Waals surface area contributed by atoms with Gasteiger partial charge in [-0.15, -0.1) is 23.2 Å². The van der Waals surface area contributed by atoms with Crippen molar-refractivity contribution in [1.29, 1.82) is 0 Å². The van der Waals surface area contributed by atoms with Gasteiger partial charge in [-0.1, -0.05) is 22.0 Å². The lowest BCUT2D eigenvalue weighted by atomic mass is 10.1. The van der Waals surface area contributed by atoms with E-state index in [1.54, 1.807) is 13.0 Å². The number of Topliss-reactive ketones (excluding diaryl/α,β-unsaturated/α-hetero) is 1. The summed E-state index contributed by atoms with van der Waals surface area (Å²) in [5.41, 5.74) is 1.57. The van der Waals surface area contributed by atoms with E-state index in [1.807, 2.05) is 12.1 Å². The summed E-state index contributed by atoms with van der Waals surface area (Å²) < 4.78 is 0.744. The highest BCUT2D eigenvalue weighted by Gasteiger charge is 2.15. The van der Waals surface area contributed by atoms with Gasteiger partial charge in [-0.05, 0) is 24.6 Å². The minimum Gasteiger partial charge on any atom is -0.292 e. The van der Waals surface area contributed by atoms with E-state index in [2.05, 4.69) is 15.9 Å². The van der Waals surface area contributed by atoms with Crippen molar-refractivity contribution >= 4 is 44.9 Å². The normalized spacial score (nSPS) is 12.6. The van der Waals surface area contributed by atoms with Crippen LogP contribution in [0.4, 0.5) is 0 Å². The fourth-order valence-electron chi connectivity index (χ4n) is 1.06. The molecule has 0 aliphatic carbocycles. The van der Waals surface area contributed by atoms with Crippen LogP contribution in [-0.4, -0.2) is 11.2 Å². The topological polar surface area (TPSA) is 17.1 Å². The van der Waals surface area contributed by atoms with Crippen LogP contribution in [-0.2, 0) is 5.88 Å². The Labute approximate surface area is 102 Å². The zero-order valence-corrected chi connectivity index (χ0v) is 10.7. The minimum atomic E-state index is -0.506. The fraction of sp³-hybridized carbons (Fsp3) is 0.300. The van der Waals surface area contributed by atoms with Gasteiger partial charge in [0, 0.05) is 15.9 Å². The Morgan fingerprint density at radius 2 is 2.21 bits per heavy atom. The lowest BCUT2D eigenvalue weighted by molar-refractivity contribution is 0.0991. The van der Waals surface area contributed by atoms with E-state index in [0.717, 1.165) is 10.0 Å². The first-order chi connectivity index (χ1) is 6.56. The first kappa shape index (κ1) is 12.0. The molecule has 0 heterocycles. The Hall–Kier alpha value is -0.0500. The van der Waals surface area contributed by atoms with Gasteiger partial charge < -0.3 is 0 Å². The predicted molar refractivity (Wildman–Crippen MR) is 63.3 cm³/mol. The molecule has 0 aliphatic rings. The standard InChI is InChI=1S/C10H9BrCl2O/c1-6(13)10(14)8-3-2-7(5-12)4-9(8)11/h2-4,6H,5H2,1H3. The third-order valence-corrected chi connectivity index (χ3v) is 2.98. The Kier molecular flexibility index (Phi) is 4.42. The zero-order valence-electron chi connectivity index (χ0n) is 7.56. The monoisotopic (exact) mass is 294 g/mol. The quantitative estimate of drug-likeness (QED) is 0.608. The molecule has 0 aliphatic heterocycles. The maximum absolute atomic E-state index is 11.6. The molecule has 0 fully saturated rings. The summed E-state index contributed by atoms with van der Waals surface area (Å²) in [5.74, 6) is 0.350. The molecule has 0 radical (unpaired) electrons. The lowest BCUT2D eigenvalue weighted by Crippen LogP contribution is -2.11. The van der Waals surface area contributed by atoms with Crippen molar-refractivity contribution in [1.82, 2.24) is 0 Å². The van der Waals surface area contributed by atoms with Crippen LogP contribution in [0, 0.1) is 0 Å². The number of ketones is 1. The number of rotatable bonds is 3. The average molecular weight is 296 g/mol. The van der Waals surface area contributed by atoms with E-state index in [4.69, 9.17) is 23.2 Å². The molecule has 0 saturated heterocycles. The third kappa shape index (κ3) is 2.72. The SMILES string of the molecule is CC(Cl)C(=O)c1ccc(CCl)cc1Br. The Morgan fingerprint density at radius 1 is 1.57 bits per heavy atom. The predicted octanol–water partition coefficient (Wildman–Crippen LogP) is 4.00. The van der Waals surface area contributed by atoms with Gasteiger partial charge in [0.25, 0.3) is 0 Å². The zero-order chi connectivity index (χ0) is 10.7. The van der Waals surface area contributed by atoms with E-state index in [9.17, 15) is 4.79 Å². The van der Waals surface area contributed by atoms with Crippen LogP contribution in [0.15, 0.2) is 22.7 Å². The molecule has 1 atom stereocenters. The molecule has 76 valence electrons. The van der Waals surface area contributed by atoms with E-state index >= 15 is 0 Å². The second-order valence-corrected chi connectivity index (χ2v) is 4.70. The van der Waals surface area contributed by atoms with Crippen LogP contribution >= 0.6 is 39.1 Å².